The molecule has 0 radical (unpaired) electrons. The predicted octanol–water partition coefficient (Wildman–Crippen LogP) is -4.57. The summed E-state index contributed by atoms with van der Waals surface area (Å²) in [5.41, 5.74) is -2.63. The Labute approximate surface area is 146 Å². The van der Waals surface area contributed by atoms with Gasteiger partial charge < -0.3 is 35.6 Å². The highest BCUT2D eigenvalue weighted by Crippen LogP contribution is 2.30. The first-order valence-corrected chi connectivity index (χ1v) is 7.85. The lowest BCUT2D eigenvalue weighted by molar-refractivity contribution is -0.146. The smallest absolute Gasteiger partial charge is 0.350 e. The quantitative estimate of drug-likeness (QED) is 0.272. The Morgan fingerprint density at radius 2 is 1.96 bits per heavy atom. The second kappa shape index (κ2) is 6.66. The Bertz CT molecular complexity index is 757. The van der Waals surface area contributed by atoms with Crippen molar-refractivity contribution in [3.05, 3.63) is 28.4 Å². The molecule has 7 N–H and O–H groups in total. The maximum absolute atomic E-state index is 12.4. The zero-order valence-corrected chi connectivity index (χ0v) is 13.7. The summed E-state index contributed by atoms with van der Waals surface area (Å²) in [6, 6.07) is 1.28. The van der Waals surface area contributed by atoms with Gasteiger partial charge in [-0.25, -0.2) is 10.1 Å². The Morgan fingerprint density at radius 3 is 2.50 bits per heavy atom. The van der Waals surface area contributed by atoms with Crippen LogP contribution in [0.2, 0.25) is 0 Å². The number of ether oxygens (including phenoxy) is 1. The molecule has 0 aromatic carbocycles. The number of nitrogens with zero attached hydrogens (tertiary/aromatic N) is 2. The lowest BCUT2D eigenvalue weighted by atomic mass is 9.82. The highest BCUT2D eigenvalue weighted by atomic mass is 16.6. The summed E-state index contributed by atoms with van der Waals surface area (Å²) in [6.07, 6.45) is -6.93. The molecule has 26 heavy (non-hydrogen) atoms. The van der Waals surface area contributed by atoms with E-state index in [1.807, 2.05) is 0 Å². The molecule has 0 aliphatic carbocycles. The van der Waals surface area contributed by atoms with Gasteiger partial charge >= 0.3 is 5.69 Å². The molecular weight excluding hydrogens is 352 g/mol. The van der Waals surface area contributed by atoms with Crippen molar-refractivity contribution in [3.63, 3.8) is 0 Å². The molecule has 12 nitrogen and oxygen atoms in total. The van der Waals surface area contributed by atoms with E-state index in [0.717, 1.165) is 4.57 Å². The molecule has 144 valence electrons. The van der Waals surface area contributed by atoms with Gasteiger partial charge in [0.25, 0.3) is 0 Å². The number of amides is 1. The molecular formula is C14H20N4O8. The molecule has 2 aliphatic rings. The van der Waals surface area contributed by atoms with Crippen LogP contribution in [0.1, 0.15) is 18.8 Å². The van der Waals surface area contributed by atoms with E-state index in [0.29, 0.717) is 0 Å². The van der Waals surface area contributed by atoms with E-state index in [9.17, 15) is 30.0 Å². The molecule has 12 heteroatoms. The van der Waals surface area contributed by atoms with Crippen molar-refractivity contribution in [2.24, 2.45) is 0 Å². The van der Waals surface area contributed by atoms with Crippen LogP contribution in [0.25, 0.3) is 0 Å². The average Bonchev–Trinajstić information content (AvgIpc) is 2.87. The molecule has 3 unspecified atom stereocenters. The SMILES string of the molecule is CC1(c2ccn([C@@H]3O[C@H](CO)[C@@H](O)[C@H]3O)c(=O)n2)C(=O)NC(O)NC1O. The summed E-state index contributed by atoms with van der Waals surface area (Å²) in [4.78, 5) is 28.4. The van der Waals surface area contributed by atoms with Crippen molar-refractivity contribution in [3.8, 4) is 0 Å². The third-order valence-corrected chi connectivity index (χ3v) is 4.76. The van der Waals surface area contributed by atoms with E-state index in [1.54, 1.807) is 0 Å². The zero-order valence-electron chi connectivity index (χ0n) is 13.7. The van der Waals surface area contributed by atoms with Crippen LogP contribution in [0.15, 0.2) is 17.1 Å². The molecule has 3 rings (SSSR count). The molecule has 0 saturated carbocycles. The number of nitrogens with one attached hydrogen (secondary N) is 2. The minimum atomic E-state index is -1.65. The molecule has 1 aromatic rings. The Kier molecular flexibility index (Phi) is 4.83. The van der Waals surface area contributed by atoms with Gasteiger partial charge in [-0.15, -0.1) is 0 Å². The van der Waals surface area contributed by atoms with Gasteiger partial charge in [-0.1, -0.05) is 0 Å². The van der Waals surface area contributed by atoms with Crippen LogP contribution in [0.5, 0.6) is 0 Å². The molecule has 0 spiro atoms. The topological polar surface area (TPSA) is 186 Å². The largest absolute Gasteiger partial charge is 0.394 e. The number of aliphatic hydroxyl groups is 5. The van der Waals surface area contributed by atoms with Gasteiger partial charge in [0.15, 0.2) is 12.6 Å². The van der Waals surface area contributed by atoms with Crippen LogP contribution in [-0.2, 0) is 14.9 Å². The minimum absolute atomic E-state index is 0.0742. The Hall–Kier alpha value is -1.93. The number of carbonyl (C=O) groups excluding carboxylic acids is 1. The van der Waals surface area contributed by atoms with E-state index >= 15 is 0 Å². The van der Waals surface area contributed by atoms with Gasteiger partial charge in [-0.2, -0.15) is 4.98 Å². The molecule has 2 saturated heterocycles. The normalized spacial score (nSPS) is 40.5. The minimum Gasteiger partial charge on any atom is -0.394 e. The summed E-state index contributed by atoms with van der Waals surface area (Å²) in [5.74, 6) is -0.742. The third-order valence-electron chi connectivity index (χ3n) is 4.76. The second-order valence-corrected chi connectivity index (χ2v) is 6.38. The van der Waals surface area contributed by atoms with Gasteiger partial charge in [-0.3, -0.25) is 9.36 Å². The highest BCUT2D eigenvalue weighted by Gasteiger charge is 2.49. The molecule has 0 bridgehead atoms. The lowest BCUT2D eigenvalue weighted by Gasteiger charge is -2.39. The van der Waals surface area contributed by atoms with Crippen molar-refractivity contribution in [1.29, 1.82) is 0 Å². The summed E-state index contributed by atoms with van der Waals surface area (Å²) in [7, 11) is 0. The number of aliphatic hydroxyl groups excluding tert-OH is 5. The molecule has 1 amide bonds. The summed E-state index contributed by atoms with van der Waals surface area (Å²) in [6.45, 7) is 0.790. The van der Waals surface area contributed by atoms with Crippen molar-refractivity contribution in [2.45, 2.75) is 49.5 Å². The lowest BCUT2D eigenvalue weighted by Crippen LogP contribution is -2.68. The Morgan fingerprint density at radius 1 is 1.27 bits per heavy atom. The zero-order chi connectivity index (χ0) is 19.2. The van der Waals surface area contributed by atoms with E-state index < -0.39 is 60.7 Å². The molecule has 1 aromatic heterocycles. The monoisotopic (exact) mass is 372 g/mol. The van der Waals surface area contributed by atoms with Crippen LogP contribution in [-0.4, -0.2) is 78.5 Å². The fourth-order valence-corrected chi connectivity index (χ4v) is 3.02. The predicted molar refractivity (Wildman–Crippen MR) is 82.2 cm³/mol. The number of aromatic nitrogens is 2. The van der Waals surface area contributed by atoms with Crippen LogP contribution in [0, 0.1) is 0 Å². The highest BCUT2D eigenvalue weighted by molar-refractivity contribution is 5.88. The van der Waals surface area contributed by atoms with Crippen LogP contribution in [0.3, 0.4) is 0 Å². The van der Waals surface area contributed by atoms with Gasteiger partial charge in [0.2, 0.25) is 5.91 Å². The summed E-state index contributed by atoms with van der Waals surface area (Å²) in [5, 5.41) is 52.9. The summed E-state index contributed by atoms with van der Waals surface area (Å²) < 4.78 is 6.18. The van der Waals surface area contributed by atoms with Gasteiger partial charge in [0.1, 0.15) is 30.0 Å². The first kappa shape index (κ1) is 18.8. The maximum Gasteiger partial charge on any atom is 0.350 e. The van der Waals surface area contributed by atoms with E-state index in [1.165, 1.54) is 19.2 Å². The number of rotatable bonds is 3. The first-order valence-electron chi connectivity index (χ1n) is 7.85. The Balaban J connectivity index is 1.94. The van der Waals surface area contributed by atoms with Crippen molar-refractivity contribution in [2.75, 3.05) is 6.61 Å². The maximum atomic E-state index is 12.4. The van der Waals surface area contributed by atoms with Crippen LogP contribution in [0.4, 0.5) is 0 Å². The standard InChI is InChI=1S/C14H20N4O8/c1-14(10(22)16-12(24)17-11(14)23)6-2-3-18(13(25)15-6)9-8(21)7(20)5(4-19)26-9/h2-3,5,7-10,12,16,19-22,24H,4H2,1H3,(H,17,23)/t5-,7-,8-,9-,10?,12?,14?/m1/s1. The van der Waals surface area contributed by atoms with Gasteiger partial charge in [-0.05, 0) is 13.0 Å². The average molecular weight is 372 g/mol. The summed E-state index contributed by atoms with van der Waals surface area (Å²) >= 11 is 0. The second-order valence-electron chi connectivity index (χ2n) is 6.38. The van der Waals surface area contributed by atoms with E-state index in [4.69, 9.17) is 9.84 Å². The van der Waals surface area contributed by atoms with Crippen molar-refractivity contribution in [1.82, 2.24) is 20.2 Å². The van der Waals surface area contributed by atoms with Crippen molar-refractivity contribution < 1.29 is 35.1 Å². The first-order chi connectivity index (χ1) is 12.2. The van der Waals surface area contributed by atoms with E-state index in [2.05, 4.69) is 15.6 Å². The van der Waals surface area contributed by atoms with Gasteiger partial charge in [0, 0.05) is 6.20 Å². The fraction of sp³-hybridized carbons (Fsp3) is 0.643. The number of hydrogen-bond acceptors (Lipinski definition) is 10. The van der Waals surface area contributed by atoms with Crippen LogP contribution >= 0.6 is 0 Å². The molecule has 2 aliphatic heterocycles. The number of hydrogen-bond donors (Lipinski definition) is 7. The van der Waals surface area contributed by atoms with Gasteiger partial charge in [0.05, 0.1) is 12.3 Å². The van der Waals surface area contributed by atoms with Crippen molar-refractivity contribution >= 4 is 5.91 Å². The molecule has 2 fully saturated rings. The molecule has 7 atom stereocenters. The fourth-order valence-electron chi connectivity index (χ4n) is 3.02. The number of carbonyl (C=O) groups is 1. The molecule has 3 heterocycles. The third kappa shape index (κ3) is 2.81. The van der Waals surface area contributed by atoms with Crippen LogP contribution < -0.4 is 16.3 Å². The van der Waals surface area contributed by atoms with E-state index in [-0.39, 0.29) is 5.69 Å².